The Hall–Kier alpha value is -0.970. The third-order valence-corrected chi connectivity index (χ3v) is 4.00. The van der Waals surface area contributed by atoms with Crippen LogP contribution in [0.25, 0.3) is 0 Å². The average molecular weight is 265 g/mol. The molecule has 1 aromatic heterocycles. The molecule has 0 aromatic carbocycles. The molecule has 0 radical (unpaired) electrons. The Morgan fingerprint density at radius 1 is 1.26 bits per heavy atom. The second kappa shape index (κ2) is 6.98. The molecule has 5 heteroatoms. The van der Waals surface area contributed by atoms with E-state index in [2.05, 4.69) is 41.6 Å². The molecule has 0 aliphatic heterocycles. The Morgan fingerprint density at radius 2 is 2.00 bits per heavy atom. The van der Waals surface area contributed by atoms with Gasteiger partial charge in [-0.15, -0.1) is 5.10 Å². The standard InChI is InChI=1S/C14H27N5/c1-11(2)10-15-12(3)14-16-17-18-19(14)9-8-13-6-4-5-7-13/h11-13,15H,4-10H2,1-3H3. The lowest BCUT2D eigenvalue weighted by Crippen LogP contribution is -2.26. The van der Waals surface area contributed by atoms with Crippen LogP contribution in [-0.4, -0.2) is 26.8 Å². The molecule has 19 heavy (non-hydrogen) atoms. The van der Waals surface area contributed by atoms with E-state index in [1.165, 1.54) is 32.1 Å². The van der Waals surface area contributed by atoms with Gasteiger partial charge in [0.2, 0.25) is 0 Å². The van der Waals surface area contributed by atoms with Gasteiger partial charge >= 0.3 is 0 Å². The molecule has 0 saturated heterocycles. The molecule has 5 nitrogen and oxygen atoms in total. The maximum absolute atomic E-state index is 4.18. The van der Waals surface area contributed by atoms with E-state index in [1.807, 2.05) is 4.68 Å². The largest absolute Gasteiger partial charge is 0.307 e. The van der Waals surface area contributed by atoms with E-state index >= 15 is 0 Å². The van der Waals surface area contributed by atoms with Crippen LogP contribution in [-0.2, 0) is 6.54 Å². The summed E-state index contributed by atoms with van der Waals surface area (Å²) in [5, 5.41) is 15.6. The quantitative estimate of drug-likeness (QED) is 0.823. The van der Waals surface area contributed by atoms with Crippen molar-refractivity contribution in [2.75, 3.05) is 6.54 Å². The van der Waals surface area contributed by atoms with Crippen molar-refractivity contribution < 1.29 is 0 Å². The first-order valence-electron chi connectivity index (χ1n) is 7.66. The minimum Gasteiger partial charge on any atom is -0.307 e. The van der Waals surface area contributed by atoms with Crippen LogP contribution in [0.2, 0.25) is 0 Å². The van der Waals surface area contributed by atoms with Gasteiger partial charge in [0.05, 0.1) is 6.04 Å². The summed E-state index contributed by atoms with van der Waals surface area (Å²) in [6.07, 6.45) is 6.80. The molecule has 1 fully saturated rings. The van der Waals surface area contributed by atoms with E-state index in [-0.39, 0.29) is 6.04 Å². The fourth-order valence-electron chi connectivity index (χ4n) is 2.79. The Bertz CT molecular complexity index is 368. The van der Waals surface area contributed by atoms with Crippen LogP contribution >= 0.6 is 0 Å². The maximum Gasteiger partial charge on any atom is 0.167 e. The number of tetrazole rings is 1. The van der Waals surface area contributed by atoms with Crippen molar-refractivity contribution in [1.82, 2.24) is 25.5 Å². The molecule has 1 N–H and O–H groups in total. The fraction of sp³-hybridized carbons (Fsp3) is 0.929. The second-order valence-electron chi connectivity index (χ2n) is 6.22. The minimum absolute atomic E-state index is 0.223. The normalized spacial score (nSPS) is 18.3. The van der Waals surface area contributed by atoms with E-state index in [4.69, 9.17) is 0 Å². The predicted molar refractivity (Wildman–Crippen MR) is 75.6 cm³/mol. The van der Waals surface area contributed by atoms with Gasteiger partial charge in [0.25, 0.3) is 0 Å². The molecule has 1 atom stereocenters. The van der Waals surface area contributed by atoms with Gasteiger partial charge in [0.1, 0.15) is 0 Å². The molecule has 108 valence electrons. The summed E-state index contributed by atoms with van der Waals surface area (Å²) in [5.41, 5.74) is 0. The number of rotatable bonds is 7. The van der Waals surface area contributed by atoms with E-state index in [0.717, 1.165) is 24.8 Å². The van der Waals surface area contributed by atoms with Crippen LogP contribution in [0.5, 0.6) is 0 Å². The highest BCUT2D eigenvalue weighted by Gasteiger charge is 2.18. The van der Waals surface area contributed by atoms with E-state index in [1.54, 1.807) is 0 Å². The van der Waals surface area contributed by atoms with Crippen molar-refractivity contribution in [1.29, 1.82) is 0 Å². The SMILES string of the molecule is CC(C)CNC(C)c1nnnn1CCC1CCCC1. The molecule has 1 aliphatic carbocycles. The van der Waals surface area contributed by atoms with Crippen molar-refractivity contribution in [3.8, 4) is 0 Å². The van der Waals surface area contributed by atoms with Crippen molar-refractivity contribution in [2.45, 2.75) is 65.5 Å². The van der Waals surface area contributed by atoms with Crippen molar-refractivity contribution in [3.63, 3.8) is 0 Å². The Labute approximate surface area is 116 Å². The lowest BCUT2D eigenvalue weighted by Gasteiger charge is -2.16. The van der Waals surface area contributed by atoms with E-state index in [9.17, 15) is 0 Å². The second-order valence-corrected chi connectivity index (χ2v) is 6.22. The highest BCUT2D eigenvalue weighted by molar-refractivity contribution is 4.89. The van der Waals surface area contributed by atoms with E-state index in [0.29, 0.717) is 5.92 Å². The molecule has 1 saturated carbocycles. The lowest BCUT2D eigenvalue weighted by molar-refractivity contribution is 0.406. The van der Waals surface area contributed by atoms with E-state index < -0.39 is 0 Å². The molecule has 1 aliphatic rings. The Balaban J connectivity index is 1.85. The summed E-state index contributed by atoms with van der Waals surface area (Å²) in [5.74, 6) is 2.50. The summed E-state index contributed by atoms with van der Waals surface area (Å²) in [4.78, 5) is 0. The first kappa shape index (κ1) is 14.4. The summed E-state index contributed by atoms with van der Waals surface area (Å²) < 4.78 is 1.98. The summed E-state index contributed by atoms with van der Waals surface area (Å²) in [7, 11) is 0. The highest BCUT2D eigenvalue weighted by atomic mass is 15.5. The Kier molecular flexibility index (Phi) is 5.31. The first-order valence-corrected chi connectivity index (χ1v) is 7.66. The van der Waals surface area contributed by atoms with Crippen molar-refractivity contribution in [2.24, 2.45) is 11.8 Å². The number of nitrogens with one attached hydrogen (secondary N) is 1. The average Bonchev–Trinajstić information content (AvgIpc) is 3.04. The van der Waals surface area contributed by atoms with Crippen LogP contribution in [0.4, 0.5) is 0 Å². The van der Waals surface area contributed by atoms with Gasteiger partial charge in [-0.05, 0) is 42.2 Å². The number of hydrogen-bond acceptors (Lipinski definition) is 4. The van der Waals surface area contributed by atoms with Crippen molar-refractivity contribution >= 4 is 0 Å². The third kappa shape index (κ3) is 4.27. The fourth-order valence-corrected chi connectivity index (χ4v) is 2.79. The Morgan fingerprint density at radius 3 is 2.68 bits per heavy atom. The third-order valence-electron chi connectivity index (χ3n) is 4.00. The smallest absolute Gasteiger partial charge is 0.167 e. The molecular formula is C14H27N5. The van der Waals surface area contributed by atoms with Crippen LogP contribution in [0.15, 0.2) is 0 Å². The molecule has 2 rings (SSSR count). The van der Waals surface area contributed by atoms with Gasteiger partial charge < -0.3 is 5.32 Å². The summed E-state index contributed by atoms with van der Waals surface area (Å²) in [6.45, 7) is 8.52. The topological polar surface area (TPSA) is 55.6 Å². The summed E-state index contributed by atoms with van der Waals surface area (Å²) >= 11 is 0. The molecule has 0 bridgehead atoms. The lowest BCUT2D eigenvalue weighted by atomic mass is 10.0. The predicted octanol–water partition coefficient (Wildman–Crippen LogP) is 2.56. The number of hydrogen-bond donors (Lipinski definition) is 1. The zero-order chi connectivity index (χ0) is 13.7. The maximum atomic E-state index is 4.18. The van der Waals surface area contributed by atoms with Gasteiger partial charge in [-0.3, -0.25) is 0 Å². The molecule has 0 amide bonds. The van der Waals surface area contributed by atoms with Gasteiger partial charge in [-0.25, -0.2) is 4.68 Å². The molecular weight excluding hydrogens is 238 g/mol. The molecule has 1 unspecified atom stereocenters. The molecule has 0 spiro atoms. The van der Waals surface area contributed by atoms with Crippen LogP contribution < -0.4 is 5.32 Å². The zero-order valence-electron chi connectivity index (χ0n) is 12.5. The van der Waals surface area contributed by atoms with Gasteiger partial charge in [0.15, 0.2) is 5.82 Å². The minimum atomic E-state index is 0.223. The zero-order valence-corrected chi connectivity index (χ0v) is 12.5. The number of aromatic nitrogens is 4. The number of nitrogens with zero attached hydrogens (tertiary/aromatic N) is 4. The van der Waals surface area contributed by atoms with Crippen LogP contribution in [0.3, 0.4) is 0 Å². The van der Waals surface area contributed by atoms with Crippen molar-refractivity contribution in [3.05, 3.63) is 5.82 Å². The first-order chi connectivity index (χ1) is 9.16. The number of aryl methyl sites for hydroxylation is 1. The molecule has 1 heterocycles. The summed E-state index contributed by atoms with van der Waals surface area (Å²) in [6, 6.07) is 0.223. The van der Waals surface area contributed by atoms with Gasteiger partial charge in [-0.2, -0.15) is 0 Å². The van der Waals surface area contributed by atoms with Gasteiger partial charge in [-0.1, -0.05) is 39.5 Å². The van der Waals surface area contributed by atoms with Crippen LogP contribution in [0.1, 0.15) is 64.7 Å². The monoisotopic (exact) mass is 265 g/mol. The van der Waals surface area contributed by atoms with Gasteiger partial charge in [0, 0.05) is 6.54 Å². The van der Waals surface area contributed by atoms with Crippen LogP contribution in [0, 0.1) is 11.8 Å². The molecule has 1 aromatic rings. The highest BCUT2D eigenvalue weighted by Crippen LogP contribution is 2.28.